The molecule has 0 bridgehead atoms. The number of nitrogens with one attached hydrogen (secondary N) is 2. The minimum Gasteiger partial charge on any atom is -0.383 e. The normalized spacial score (nSPS) is 10.5. The molecule has 0 saturated heterocycles. The van der Waals surface area contributed by atoms with Gasteiger partial charge in [0.05, 0.1) is 27.3 Å². The summed E-state index contributed by atoms with van der Waals surface area (Å²) in [7, 11) is 0. The van der Waals surface area contributed by atoms with Crippen LogP contribution in [0, 0.1) is 11.3 Å². The number of benzene rings is 2. The van der Waals surface area contributed by atoms with E-state index in [9.17, 15) is 0 Å². The van der Waals surface area contributed by atoms with Crippen LogP contribution in [0.2, 0.25) is 5.02 Å². The molecule has 2 aromatic carbocycles. The Kier molecular flexibility index (Phi) is 4.27. The first-order valence-corrected chi connectivity index (χ1v) is 7.52. The summed E-state index contributed by atoms with van der Waals surface area (Å²) in [5, 5.41) is 12.9. The Bertz CT molecular complexity index is 799. The van der Waals surface area contributed by atoms with Crippen LogP contribution >= 0.6 is 11.6 Å². The lowest BCUT2D eigenvalue weighted by Crippen LogP contribution is -2.05. The molecule has 0 fully saturated rings. The van der Waals surface area contributed by atoms with Crippen molar-refractivity contribution < 1.29 is 0 Å². The van der Waals surface area contributed by atoms with Crippen LogP contribution in [0.3, 0.4) is 0 Å². The molecule has 0 atom stereocenters. The highest BCUT2D eigenvalue weighted by atomic mass is 35.5. The molecule has 0 spiro atoms. The van der Waals surface area contributed by atoms with Gasteiger partial charge in [0.2, 0.25) is 0 Å². The fourth-order valence-electron chi connectivity index (χ4n) is 2.39. The van der Waals surface area contributed by atoms with Crippen LogP contribution in [0.15, 0.2) is 42.5 Å². The number of hydrogen-bond acceptors (Lipinski definition) is 3. The quantitative estimate of drug-likeness (QED) is 0.696. The van der Waals surface area contributed by atoms with Crippen LogP contribution < -0.4 is 5.32 Å². The van der Waals surface area contributed by atoms with Crippen molar-refractivity contribution >= 4 is 28.3 Å². The summed E-state index contributed by atoms with van der Waals surface area (Å²) in [4.78, 5) is 7.86. The van der Waals surface area contributed by atoms with Crippen LogP contribution in [-0.2, 0) is 6.42 Å². The second kappa shape index (κ2) is 6.50. The molecular formula is C17H15ClN4. The van der Waals surface area contributed by atoms with E-state index in [4.69, 9.17) is 16.9 Å². The highest BCUT2D eigenvalue weighted by molar-refractivity contribution is 6.33. The lowest BCUT2D eigenvalue weighted by atomic mass is 10.2. The molecule has 0 aliphatic rings. The molecule has 3 aromatic rings. The van der Waals surface area contributed by atoms with Gasteiger partial charge in [0.15, 0.2) is 0 Å². The number of para-hydroxylation sites is 3. The van der Waals surface area contributed by atoms with Crippen LogP contribution in [0.1, 0.15) is 17.8 Å². The third-order valence-corrected chi connectivity index (χ3v) is 3.78. The number of aromatic nitrogens is 2. The van der Waals surface area contributed by atoms with E-state index in [0.717, 1.165) is 36.2 Å². The van der Waals surface area contributed by atoms with Crippen molar-refractivity contribution in [1.82, 2.24) is 9.97 Å². The van der Waals surface area contributed by atoms with E-state index in [-0.39, 0.29) is 0 Å². The predicted molar refractivity (Wildman–Crippen MR) is 89.1 cm³/mol. The van der Waals surface area contributed by atoms with Crippen molar-refractivity contribution in [3.8, 4) is 6.07 Å². The summed E-state index contributed by atoms with van der Waals surface area (Å²) in [6, 6.07) is 15.5. The number of hydrogen-bond donors (Lipinski definition) is 2. The summed E-state index contributed by atoms with van der Waals surface area (Å²) in [5.74, 6) is 0.975. The number of nitriles is 1. The van der Waals surface area contributed by atoms with Crippen LogP contribution in [0.25, 0.3) is 11.0 Å². The molecule has 22 heavy (non-hydrogen) atoms. The topological polar surface area (TPSA) is 64.5 Å². The Morgan fingerprint density at radius 2 is 2.05 bits per heavy atom. The fourth-order valence-corrected chi connectivity index (χ4v) is 2.63. The van der Waals surface area contributed by atoms with Gasteiger partial charge in [0.25, 0.3) is 0 Å². The standard InChI is InChI=1S/C17H15ClN4/c18-13-6-3-5-12(11-19)17(13)20-10-4-9-16-21-14-7-1-2-8-15(14)22-16/h1-3,5-8,20H,4,9-10H2,(H,21,22). The molecule has 4 nitrogen and oxygen atoms in total. The van der Waals surface area contributed by atoms with E-state index in [2.05, 4.69) is 21.4 Å². The third-order valence-electron chi connectivity index (χ3n) is 3.46. The number of imidazole rings is 1. The SMILES string of the molecule is N#Cc1cccc(Cl)c1NCCCc1nc2ccccc2[nH]1. The molecule has 0 unspecified atom stereocenters. The number of fused-ring (bicyclic) bond motifs is 1. The zero-order valence-electron chi connectivity index (χ0n) is 11.9. The van der Waals surface area contributed by atoms with E-state index >= 15 is 0 Å². The highest BCUT2D eigenvalue weighted by Gasteiger charge is 2.06. The van der Waals surface area contributed by atoms with Crippen molar-refractivity contribution in [3.05, 3.63) is 58.9 Å². The largest absolute Gasteiger partial charge is 0.383 e. The van der Waals surface area contributed by atoms with Gasteiger partial charge in [0, 0.05) is 13.0 Å². The molecule has 3 rings (SSSR count). The highest BCUT2D eigenvalue weighted by Crippen LogP contribution is 2.25. The first-order valence-electron chi connectivity index (χ1n) is 7.14. The Labute approximate surface area is 133 Å². The third kappa shape index (κ3) is 3.05. The number of aryl methyl sites for hydroxylation is 1. The van der Waals surface area contributed by atoms with Gasteiger partial charge in [-0.15, -0.1) is 0 Å². The van der Waals surface area contributed by atoms with Gasteiger partial charge in [-0.1, -0.05) is 29.8 Å². The Balaban J connectivity index is 1.59. The summed E-state index contributed by atoms with van der Waals surface area (Å²) in [5.41, 5.74) is 3.32. The first kappa shape index (κ1) is 14.4. The molecule has 0 aliphatic heterocycles. The van der Waals surface area contributed by atoms with E-state index in [1.807, 2.05) is 24.3 Å². The molecule has 0 aliphatic carbocycles. The average Bonchev–Trinajstić information content (AvgIpc) is 2.95. The Morgan fingerprint density at radius 1 is 1.18 bits per heavy atom. The van der Waals surface area contributed by atoms with Crippen molar-refractivity contribution in [2.45, 2.75) is 12.8 Å². The maximum Gasteiger partial charge on any atom is 0.107 e. The first-order chi connectivity index (χ1) is 10.8. The predicted octanol–water partition coefficient (Wildman–Crippen LogP) is 4.13. The molecule has 0 saturated carbocycles. The lowest BCUT2D eigenvalue weighted by Gasteiger charge is -2.09. The summed E-state index contributed by atoms with van der Waals surface area (Å²) >= 11 is 6.13. The zero-order valence-corrected chi connectivity index (χ0v) is 12.7. The van der Waals surface area contributed by atoms with E-state index in [1.165, 1.54) is 0 Å². The van der Waals surface area contributed by atoms with Gasteiger partial charge >= 0.3 is 0 Å². The van der Waals surface area contributed by atoms with E-state index in [0.29, 0.717) is 16.3 Å². The summed E-state index contributed by atoms with van der Waals surface area (Å²) in [6.07, 6.45) is 1.74. The zero-order chi connectivity index (χ0) is 15.4. The van der Waals surface area contributed by atoms with Gasteiger partial charge in [-0.3, -0.25) is 0 Å². The smallest absolute Gasteiger partial charge is 0.107 e. The maximum absolute atomic E-state index is 9.09. The van der Waals surface area contributed by atoms with Gasteiger partial charge in [-0.2, -0.15) is 5.26 Å². The number of H-pyrrole nitrogens is 1. The molecular weight excluding hydrogens is 296 g/mol. The van der Waals surface area contributed by atoms with Gasteiger partial charge < -0.3 is 10.3 Å². The Morgan fingerprint density at radius 3 is 2.86 bits per heavy atom. The molecule has 0 radical (unpaired) electrons. The van der Waals surface area contributed by atoms with Crippen LogP contribution in [0.5, 0.6) is 0 Å². The van der Waals surface area contributed by atoms with Crippen molar-refractivity contribution in [2.75, 3.05) is 11.9 Å². The number of rotatable bonds is 5. The summed E-state index contributed by atoms with van der Waals surface area (Å²) < 4.78 is 0. The summed E-state index contributed by atoms with van der Waals surface area (Å²) in [6.45, 7) is 0.732. The van der Waals surface area contributed by atoms with Gasteiger partial charge in [-0.05, 0) is 30.7 Å². The second-order valence-electron chi connectivity index (χ2n) is 5.01. The molecule has 1 aromatic heterocycles. The second-order valence-corrected chi connectivity index (χ2v) is 5.41. The molecule has 5 heteroatoms. The van der Waals surface area contributed by atoms with Gasteiger partial charge in [-0.25, -0.2) is 4.98 Å². The number of aromatic amines is 1. The lowest BCUT2D eigenvalue weighted by molar-refractivity contribution is 0.820. The Hall–Kier alpha value is -2.51. The average molecular weight is 311 g/mol. The molecule has 0 amide bonds. The monoisotopic (exact) mass is 310 g/mol. The fraction of sp³-hybridized carbons (Fsp3) is 0.176. The van der Waals surface area contributed by atoms with E-state index < -0.39 is 0 Å². The molecule has 110 valence electrons. The van der Waals surface area contributed by atoms with Crippen LogP contribution in [-0.4, -0.2) is 16.5 Å². The number of halogens is 1. The maximum atomic E-state index is 9.09. The molecule has 2 N–H and O–H groups in total. The van der Waals surface area contributed by atoms with Crippen LogP contribution in [0.4, 0.5) is 5.69 Å². The minimum atomic E-state index is 0.566. The number of nitrogens with zero attached hydrogens (tertiary/aromatic N) is 2. The molecule has 1 heterocycles. The number of anilines is 1. The van der Waals surface area contributed by atoms with Crippen molar-refractivity contribution in [1.29, 1.82) is 5.26 Å². The van der Waals surface area contributed by atoms with Gasteiger partial charge in [0.1, 0.15) is 11.9 Å². The van der Waals surface area contributed by atoms with E-state index in [1.54, 1.807) is 18.2 Å². The van der Waals surface area contributed by atoms with Crippen molar-refractivity contribution in [3.63, 3.8) is 0 Å². The van der Waals surface area contributed by atoms with Crippen molar-refractivity contribution in [2.24, 2.45) is 0 Å². The minimum absolute atomic E-state index is 0.566.